The van der Waals surface area contributed by atoms with Gasteiger partial charge in [-0.2, -0.15) is 0 Å². The highest BCUT2D eigenvalue weighted by atomic mass is 35.5. The molecule has 0 aliphatic carbocycles. The van der Waals surface area contributed by atoms with Crippen LogP contribution >= 0.6 is 12.4 Å². The molecular weight excluding hydrogens is 371 g/mol. The molecule has 0 saturated carbocycles. The van der Waals surface area contributed by atoms with Gasteiger partial charge in [0.05, 0.1) is 6.04 Å². The van der Waals surface area contributed by atoms with Crippen molar-refractivity contribution in [3.63, 3.8) is 0 Å². The van der Waals surface area contributed by atoms with Crippen molar-refractivity contribution >= 4 is 23.3 Å². The van der Waals surface area contributed by atoms with Gasteiger partial charge in [0.15, 0.2) is 0 Å². The van der Waals surface area contributed by atoms with E-state index in [4.69, 9.17) is 0 Å². The first kappa shape index (κ1) is 18.7. The van der Waals surface area contributed by atoms with Crippen LogP contribution in [0.1, 0.15) is 34.3 Å². The molecule has 0 saturated heterocycles. The second kappa shape index (κ2) is 7.78. The van der Waals surface area contributed by atoms with Gasteiger partial charge >= 0.3 is 0 Å². The van der Waals surface area contributed by atoms with Crippen LogP contribution in [0.15, 0.2) is 78.9 Å². The lowest BCUT2D eigenvalue weighted by molar-refractivity contribution is 0.454. The van der Waals surface area contributed by atoms with Crippen LogP contribution in [-0.2, 0) is 6.42 Å². The van der Waals surface area contributed by atoms with Crippen LogP contribution in [-0.4, -0.2) is 11.5 Å². The van der Waals surface area contributed by atoms with Crippen molar-refractivity contribution in [3.05, 3.63) is 107 Å². The zero-order valence-corrected chi connectivity index (χ0v) is 16.2. The van der Waals surface area contributed by atoms with E-state index in [2.05, 4.69) is 71.0 Å². The molecule has 1 aromatic heterocycles. The average molecular weight is 393 g/mol. The first-order chi connectivity index (χ1) is 13.3. The van der Waals surface area contributed by atoms with Crippen LogP contribution in [0.25, 0.3) is 10.9 Å². The van der Waals surface area contributed by atoms with Gasteiger partial charge in [0.2, 0.25) is 0 Å². The Morgan fingerprint density at radius 2 is 1.50 bits per heavy atom. The lowest BCUT2D eigenvalue weighted by Crippen LogP contribution is -2.34. The number of benzene rings is 3. The maximum Gasteiger partial charge on any atom is 0.123 e. The van der Waals surface area contributed by atoms with E-state index in [9.17, 15) is 4.39 Å². The van der Waals surface area contributed by atoms with Gasteiger partial charge in [0.1, 0.15) is 5.82 Å². The fourth-order valence-corrected chi connectivity index (χ4v) is 4.41. The van der Waals surface area contributed by atoms with Crippen LogP contribution in [0.5, 0.6) is 0 Å². The van der Waals surface area contributed by atoms with Crippen molar-refractivity contribution in [3.8, 4) is 0 Å². The molecule has 4 heteroatoms. The molecule has 0 amide bonds. The summed E-state index contributed by atoms with van der Waals surface area (Å²) in [5.74, 6) is 0.00594. The minimum Gasteiger partial charge on any atom is -0.357 e. The van der Waals surface area contributed by atoms with Crippen molar-refractivity contribution in [2.75, 3.05) is 6.54 Å². The van der Waals surface area contributed by atoms with Crippen LogP contribution in [0.3, 0.4) is 0 Å². The molecule has 0 bridgehead atoms. The van der Waals surface area contributed by atoms with Crippen LogP contribution in [0, 0.1) is 5.82 Å². The molecule has 2 nitrogen and oxygen atoms in total. The number of hydrogen-bond acceptors (Lipinski definition) is 1. The molecule has 4 aromatic rings. The molecule has 0 fully saturated rings. The quantitative estimate of drug-likeness (QED) is 0.456. The largest absolute Gasteiger partial charge is 0.357 e. The number of aromatic nitrogens is 1. The minimum atomic E-state index is -0.179. The molecule has 0 radical (unpaired) electrons. The fraction of sp³-hybridized carbons (Fsp3) is 0.167. The predicted octanol–water partition coefficient (Wildman–Crippen LogP) is 5.75. The molecule has 28 heavy (non-hydrogen) atoms. The third-order valence-corrected chi connectivity index (χ3v) is 5.60. The maximum atomic E-state index is 13.8. The zero-order valence-electron chi connectivity index (χ0n) is 15.4. The van der Waals surface area contributed by atoms with Gasteiger partial charge in [-0.05, 0) is 47.9 Å². The Hall–Kier alpha value is -2.62. The normalized spacial score (nSPS) is 16.0. The summed E-state index contributed by atoms with van der Waals surface area (Å²) in [5, 5.41) is 4.73. The van der Waals surface area contributed by atoms with Gasteiger partial charge in [0, 0.05) is 22.5 Å². The first-order valence-corrected chi connectivity index (χ1v) is 9.44. The number of halogens is 2. The van der Waals surface area contributed by atoms with Gasteiger partial charge in [-0.1, -0.05) is 60.7 Å². The summed E-state index contributed by atoms with van der Waals surface area (Å²) in [4.78, 5) is 3.58. The smallest absolute Gasteiger partial charge is 0.123 e. The lowest BCUT2D eigenvalue weighted by Gasteiger charge is -2.32. The Kier molecular flexibility index (Phi) is 5.21. The molecule has 5 rings (SSSR count). The lowest BCUT2D eigenvalue weighted by atomic mass is 9.81. The van der Waals surface area contributed by atoms with E-state index in [-0.39, 0.29) is 30.2 Å². The molecular formula is C24H22ClFN2. The summed E-state index contributed by atoms with van der Waals surface area (Å²) in [6, 6.07) is 26.4. The van der Waals surface area contributed by atoms with Crippen LogP contribution in [0.4, 0.5) is 4.39 Å². The third-order valence-electron chi connectivity index (χ3n) is 5.60. The standard InChI is InChI=1S/C24H21FN2.ClH/c25-18-11-12-21-20(15-18)19-13-14-26-24(23(19)27-21)22(16-7-3-1-4-8-16)17-9-5-2-6-10-17;/h1-12,15,22,24,26-27H,13-14H2;1H. The Morgan fingerprint density at radius 3 is 2.14 bits per heavy atom. The summed E-state index contributed by atoms with van der Waals surface area (Å²) in [5.41, 5.74) is 5.98. The summed E-state index contributed by atoms with van der Waals surface area (Å²) in [6.45, 7) is 0.886. The second-order valence-corrected chi connectivity index (χ2v) is 7.19. The van der Waals surface area contributed by atoms with E-state index >= 15 is 0 Å². The second-order valence-electron chi connectivity index (χ2n) is 7.19. The molecule has 142 valence electrons. The first-order valence-electron chi connectivity index (χ1n) is 9.44. The van der Waals surface area contributed by atoms with E-state index in [1.165, 1.54) is 28.5 Å². The number of hydrogen-bond donors (Lipinski definition) is 2. The molecule has 1 aliphatic rings. The average Bonchev–Trinajstić information content (AvgIpc) is 3.09. The number of rotatable bonds is 3. The highest BCUT2D eigenvalue weighted by molar-refractivity contribution is 5.85. The van der Waals surface area contributed by atoms with Gasteiger partial charge in [-0.3, -0.25) is 0 Å². The SMILES string of the molecule is Cl.Fc1ccc2[nH]c3c(c2c1)CCNC3C(c1ccccc1)c1ccccc1. The predicted molar refractivity (Wildman–Crippen MR) is 115 cm³/mol. The van der Waals surface area contributed by atoms with E-state index in [0.717, 1.165) is 23.9 Å². The zero-order chi connectivity index (χ0) is 18.2. The minimum absolute atomic E-state index is 0. The number of nitrogens with one attached hydrogen (secondary N) is 2. The molecule has 3 aromatic carbocycles. The van der Waals surface area contributed by atoms with Crippen molar-refractivity contribution < 1.29 is 4.39 Å². The third kappa shape index (κ3) is 3.21. The summed E-state index contributed by atoms with van der Waals surface area (Å²) >= 11 is 0. The molecule has 1 unspecified atom stereocenters. The number of aromatic amines is 1. The van der Waals surface area contributed by atoms with Gasteiger partial charge in [-0.25, -0.2) is 4.39 Å². The Bertz CT molecular complexity index is 1040. The fourth-order valence-electron chi connectivity index (χ4n) is 4.41. The summed E-state index contributed by atoms with van der Waals surface area (Å²) < 4.78 is 13.8. The van der Waals surface area contributed by atoms with Crippen molar-refractivity contribution in [1.29, 1.82) is 0 Å². The van der Waals surface area contributed by atoms with E-state index in [1.807, 2.05) is 6.07 Å². The molecule has 1 atom stereocenters. The molecule has 1 aliphatic heterocycles. The van der Waals surface area contributed by atoms with Crippen molar-refractivity contribution in [1.82, 2.24) is 10.3 Å². The Labute approximate surface area is 170 Å². The van der Waals surface area contributed by atoms with E-state index in [0.29, 0.717) is 0 Å². The van der Waals surface area contributed by atoms with Crippen molar-refractivity contribution in [2.24, 2.45) is 0 Å². The topological polar surface area (TPSA) is 27.8 Å². The van der Waals surface area contributed by atoms with Gasteiger partial charge in [-0.15, -0.1) is 12.4 Å². The van der Waals surface area contributed by atoms with Crippen LogP contribution < -0.4 is 5.32 Å². The molecule has 2 N–H and O–H groups in total. The van der Waals surface area contributed by atoms with Gasteiger partial charge in [0.25, 0.3) is 0 Å². The van der Waals surface area contributed by atoms with Gasteiger partial charge < -0.3 is 10.3 Å². The van der Waals surface area contributed by atoms with Crippen molar-refractivity contribution in [2.45, 2.75) is 18.4 Å². The summed E-state index contributed by atoms with van der Waals surface area (Å²) in [7, 11) is 0. The van der Waals surface area contributed by atoms with E-state index in [1.54, 1.807) is 6.07 Å². The molecule has 2 heterocycles. The van der Waals surface area contributed by atoms with E-state index < -0.39 is 0 Å². The Balaban J connectivity index is 0.00000192. The Morgan fingerprint density at radius 1 is 0.857 bits per heavy atom. The maximum absolute atomic E-state index is 13.8. The highest BCUT2D eigenvalue weighted by Crippen LogP contribution is 2.41. The summed E-state index contributed by atoms with van der Waals surface area (Å²) in [6.07, 6.45) is 0.908. The molecule has 0 spiro atoms. The number of fused-ring (bicyclic) bond motifs is 3. The monoisotopic (exact) mass is 392 g/mol. The number of H-pyrrole nitrogens is 1. The van der Waals surface area contributed by atoms with Crippen LogP contribution in [0.2, 0.25) is 0 Å². The highest BCUT2D eigenvalue weighted by Gasteiger charge is 2.32.